The number of aromatic nitrogens is 8. The van der Waals surface area contributed by atoms with Gasteiger partial charge in [-0.15, -0.1) is 0 Å². The summed E-state index contributed by atoms with van der Waals surface area (Å²) in [6.07, 6.45) is -3.84. The normalized spacial score (nSPS) is 38.3. The maximum absolute atomic E-state index is 16.1. The Labute approximate surface area is 256 Å². The fraction of sp³-hybridized carbons (Fsp3) is 0.524. The van der Waals surface area contributed by atoms with Gasteiger partial charge in [-0.1, -0.05) is 12.2 Å². The Kier molecular flexibility index (Phi) is 7.63. The monoisotopic (exact) mass is 691 g/mol. The van der Waals surface area contributed by atoms with E-state index in [9.17, 15) is 9.46 Å². The van der Waals surface area contributed by atoms with Crippen LogP contribution in [0, 0.1) is 5.92 Å². The molecule has 4 aromatic heterocycles. The van der Waals surface area contributed by atoms with Gasteiger partial charge in [-0.3, -0.25) is 13.7 Å². The molecule has 0 saturated carbocycles. The average molecular weight is 692 g/mol. The molecule has 3 saturated heterocycles. The highest BCUT2D eigenvalue weighted by atomic mass is 32.7. The summed E-state index contributed by atoms with van der Waals surface area (Å²) in [4.78, 5) is 35.4. The largest absolute Gasteiger partial charge is 0.382 e. The smallest absolute Gasteiger partial charge is 0.259 e. The number of anilines is 2. The summed E-state index contributed by atoms with van der Waals surface area (Å²) in [5, 5.41) is 2.64. The molecular weight excluding hydrogens is 666 g/mol. The first-order chi connectivity index (χ1) is 20.9. The van der Waals surface area contributed by atoms with Gasteiger partial charge in [0.2, 0.25) is 0 Å². The van der Waals surface area contributed by atoms with Gasteiger partial charge in [-0.25, -0.2) is 43.8 Å². The van der Waals surface area contributed by atoms with Crippen molar-refractivity contribution in [2.45, 2.75) is 43.0 Å². The number of nitrogens with two attached hydrogens (primary N) is 2. The van der Waals surface area contributed by atoms with E-state index in [1.807, 2.05) is 0 Å². The Morgan fingerprint density at radius 1 is 0.909 bits per heavy atom. The summed E-state index contributed by atoms with van der Waals surface area (Å²) in [5.74, 6) is -0.902. The van der Waals surface area contributed by atoms with Gasteiger partial charge in [0.05, 0.1) is 38.0 Å². The van der Waals surface area contributed by atoms with Crippen molar-refractivity contribution in [1.29, 1.82) is 0 Å². The van der Waals surface area contributed by atoms with Gasteiger partial charge in [0, 0.05) is 12.1 Å². The van der Waals surface area contributed by atoms with E-state index in [4.69, 9.17) is 41.8 Å². The van der Waals surface area contributed by atoms with E-state index < -0.39 is 81.6 Å². The first-order valence-electron chi connectivity index (χ1n) is 13.1. The van der Waals surface area contributed by atoms with Gasteiger partial charge in [0.25, 0.3) is 13.2 Å². The van der Waals surface area contributed by atoms with E-state index in [-0.39, 0.29) is 34.0 Å². The van der Waals surface area contributed by atoms with Crippen molar-refractivity contribution < 1.29 is 36.8 Å². The van der Waals surface area contributed by atoms with Crippen molar-refractivity contribution in [1.82, 2.24) is 44.1 Å². The third-order valence-corrected chi connectivity index (χ3v) is 11.8. The number of nitrogens with zero attached hydrogens (tertiary/aromatic N) is 8. The van der Waals surface area contributed by atoms with Gasteiger partial charge >= 0.3 is 0 Å². The Morgan fingerprint density at radius 2 is 1.45 bits per heavy atom. The van der Waals surface area contributed by atoms with Crippen LogP contribution in [0.1, 0.15) is 12.5 Å². The molecule has 6 N–H and O–H groups in total. The molecule has 7 rings (SSSR count). The van der Waals surface area contributed by atoms with Crippen molar-refractivity contribution in [2.75, 3.05) is 30.8 Å². The number of alkyl halides is 2. The highest BCUT2D eigenvalue weighted by Gasteiger charge is 2.52. The predicted molar refractivity (Wildman–Crippen MR) is 157 cm³/mol. The van der Waals surface area contributed by atoms with Crippen molar-refractivity contribution in [3.05, 3.63) is 25.3 Å². The maximum atomic E-state index is 16.1. The van der Waals surface area contributed by atoms with E-state index in [1.54, 1.807) is 0 Å². The van der Waals surface area contributed by atoms with E-state index in [0.717, 1.165) is 0 Å². The molecule has 0 aromatic carbocycles. The van der Waals surface area contributed by atoms with E-state index in [1.165, 1.54) is 34.4 Å². The number of ether oxygens (including phenoxy) is 2. The molecule has 0 aliphatic carbocycles. The molecule has 4 aromatic rings. The molecule has 17 nitrogen and oxygen atoms in total. The van der Waals surface area contributed by atoms with Crippen LogP contribution in [0.25, 0.3) is 22.3 Å². The summed E-state index contributed by atoms with van der Waals surface area (Å²) in [6, 6.07) is -1.29. The molecule has 10 atom stereocenters. The van der Waals surface area contributed by atoms with Crippen LogP contribution < -0.4 is 16.6 Å². The Bertz CT molecular complexity index is 1710. The van der Waals surface area contributed by atoms with Gasteiger partial charge in [-0.2, -0.15) is 0 Å². The molecule has 7 heterocycles. The van der Waals surface area contributed by atoms with Crippen LogP contribution >= 0.6 is 25.5 Å². The lowest BCUT2D eigenvalue weighted by Crippen LogP contribution is -2.43. The quantitative estimate of drug-likeness (QED) is 0.147. The van der Waals surface area contributed by atoms with Gasteiger partial charge < -0.3 is 34.9 Å². The number of thiol groups is 1. The SMILES string of the molecule is Nc1ncnc2c1ncn2[C@@H]1O[C@@H]2COP(O)(=S)N[C@H]3[C@@H](F)[C@H](n4cnc5c(N)ncnc54)O[C@@H]3COP(=O)(S)C[C@H]2[C@H]1F. The predicted octanol–water partition coefficient (Wildman–Crippen LogP) is 1.26. The highest BCUT2D eigenvalue weighted by Crippen LogP contribution is 2.58. The Morgan fingerprint density at radius 3 is 2.07 bits per heavy atom. The third kappa shape index (κ3) is 5.28. The van der Waals surface area contributed by atoms with Crippen molar-refractivity contribution in [3.8, 4) is 0 Å². The molecule has 3 fully saturated rings. The Hall–Kier alpha value is -2.45. The van der Waals surface area contributed by atoms with Crippen LogP contribution in [0.3, 0.4) is 0 Å². The number of halogens is 2. The van der Waals surface area contributed by atoms with Crippen LogP contribution in [0.2, 0.25) is 0 Å². The summed E-state index contributed by atoms with van der Waals surface area (Å²) in [7, 11) is 0. The number of nitrogen functional groups attached to an aromatic ring is 2. The molecule has 0 bridgehead atoms. The minimum absolute atomic E-state index is 0.0881. The second-order valence-corrected chi connectivity index (χ2v) is 17.2. The fourth-order valence-electron chi connectivity index (χ4n) is 5.63. The van der Waals surface area contributed by atoms with E-state index in [0.29, 0.717) is 0 Å². The van der Waals surface area contributed by atoms with Crippen LogP contribution in [0.15, 0.2) is 25.3 Å². The molecule has 23 heteroatoms. The van der Waals surface area contributed by atoms with Crippen molar-refractivity contribution >= 4 is 71.2 Å². The van der Waals surface area contributed by atoms with Gasteiger partial charge in [-0.05, 0) is 11.8 Å². The first kappa shape index (κ1) is 30.2. The number of hydrogen-bond acceptors (Lipinski definition) is 14. The lowest BCUT2D eigenvalue weighted by molar-refractivity contribution is -0.0357. The first-order valence-corrected chi connectivity index (χ1v) is 18.7. The molecule has 0 radical (unpaired) electrons. The molecule has 0 spiro atoms. The zero-order valence-electron chi connectivity index (χ0n) is 22.3. The van der Waals surface area contributed by atoms with E-state index >= 15 is 8.78 Å². The molecule has 44 heavy (non-hydrogen) atoms. The summed E-state index contributed by atoms with van der Waals surface area (Å²) < 4.78 is 71.7. The zero-order chi connectivity index (χ0) is 31.0. The third-order valence-electron chi connectivity index (χ3n) is 7.73. The number of imidazole rings is 2. The second kappa shape index (κ2) is 11.1. The molecule has 0 amide bonds. The molecule has 236 valence electrons. The van der Waals surface area contributed by atoms with Crippen LogP contribution in [-0.2, 0) is 34.9 Å². The van der Waals surface area contributed by atoms with Crippen LogP contribution in [-0.4, -0.2) is 93.9 Å². The number of fused-ring (bicyclic) bond motifs is 4. The number of rotatable bonds is 2. The highest BCUT2D eigenvalue weighted by molar-refractivity contribution is 8.46. The number of nitrogens with one attached hydrogen (secondary N) is 1. The molecule has 2 unspecified atom stereocenters. The average Bonchev–Trinajstić information content (AvgIpc) is 3.73. The van der Waals surface area contributed by atoms with Crippen LogP contribution in [0.4, 0.5) is 20.4 Å². The molecule has 3 aliphatic rings. The lowest BCUT2D eigenvalue weighted by atomic mass is 10.0. The fourth-order valence-corrected chi connectivity index (χ4v) is 9.51. The summed E-state index contributed by atoms with van der Waals surface area (Å²) in [6.45, 7) is -8.67. The molecular formula is C21H25F2N11O6P2S2. The lowest BCUT2D eigenvalue weighted by Gasteiger charge is -2.29. The van der Waals surface area contributed by atoms with Crippen molar-refractivity contribution in [2.24, 2.45) is 5.92 Å². The standard InChI is InChI=1S/C21H25F2N11O6P2S2/c22-11-8-3-41(35,43)37-2-10-13(12(23)21(40-10)34-7-31-15-17(25)27-5-29-19(15)34)32-42(36,44)38-1-9(8)39-20(11)33-6-30-14-16(24)26-4-28-18(14)33/h4-13,20-21H,1-3H2,(H,35,43)(H2,24,26,28)(H2,25,27,29)(H2,32,36,44)/t8-,9-,10-,11-,12-,13-,20-,21-,41?,42?/m1/s1. The van der Waals surface area contributed by atoms with E-state index in [2.05, 4.69) is 47.2 Å². The zero-order valence-corrected chi connectivity index (χ0v) is 25.8. The summed E-state index contributed by atoms with van der Waals surface area (Å²) >= 11 is 9.55. The van der Waals surface area contributed by atoms with Crippen LogP contribution in [0.5, 0.6) is 0 Å². The Balaban J connectivity index is 1.17. The summed E-state index contributed by atoms with van der Waals surface area (Å²) in [5.41, 5.74) is 12.6. The maximum Gasteiger partial charge on any atom is 0.259 e. The molecule has 3 aliphatic heterocycles. The van der Waals surface area contributed by atoms with Gasteiger partial charge in [0.15, 0.2) is 47.7 Å². The van der Waals surface area contributed by atoms with Gasteiger partial charge in [0.1, 0.15) is 29.8 Å². The van der Waals surface area contributed by atoms with Crippen molar-refractivity contribution in [3.63, 3.8) is 0 Å². The number of hydrogen-bond donors (Lipinski definition) is 5. The topological polar surface area (TPSA) is 225 Å². The minimum Gasteiger partial charge on any atom is -0.382 e. The minimum atomic E-state index is -3.94. The second-order valence-electron chi connectivity index (χ2n) is 10.4.